The molecule has 0 atom stereocenters. The third-order valence-electron chi connectivity index (χ3n) is 14.3. The van der Waals surface area contributed by atoms with Gasteiger partial charge in [0.2, 0.25) is 0 Å². The normalized spacial score (nSPS) is 21.9. The molecule has 3 saturated carbocycles. The Morgan fingerprint density at radius 1 is 0.493 bits per heavy atom. The number of carbonyl (C=O) groups is 1. The van der Waals surface area contributed by atoms with E-state index in [1.807, 2.05) is 57.7 Å². The minimum absolute atomic E-state index is 0.125. The molecule has 5 nitrogen and oxygen atoms in total. The minimum atomic E-state index is 0.125. The fourth-order valence-electron chi connectivity index (χ4n) is 8.76. The van der Waals surface area contributed by atoms with Gasteiger partial charge in [0.1, 0.15) is 5.75 Å². The van der Waals surface area contributed by atoms with Crippen molar-refractivity contribution in [1.29, 1.82) is 0 Å². The minimum Gasteiger partial charge on any atom is -0.497 e. The largest absolute Gasteiger partial charge is 0.497 e. The van der Waals surface area contributed by atoms with Gasteiger partial charge in [0, 0.05) is 26.9 Å². The van der Waals surface area contributed by atoms with E-state index in [9.17, 15) is 4.79 Å². The molecule has 3 fully saturated rings. The SMILES string of the molecule is CC(=O)c1ccc(C(C)(C)C)cc1.CCC1CCC(OC)CC1.COC1CCC(C(C)(C)C)CC1.COC1CCC(C)CC1.COc1ccc(C(C)(C)C)cc1.Cc1ccc(C(C)(C)C)cc1. The molecule has 0 amide bonds. The van der Waals surface area contributed by atoms with Crippen molar-refractivity contribution in [3.63, 3.8) is 0 Å². The number of hydrogen-bond acceptors (Lipinski definition) is 5. The van der Waals surface area contributed by atoms with Gasteiger partial charge in [0.15, 0.2) is 5.78 Å². The molecule has 3 aromatic carbocycles. The average Bonchev–Trinajstić information content (AvgIpc) is 3.29. The van der Waals surface area contributed by atoms with Gasteiger partial charge in [0.05, 0.1) is 25.4 Å². The number of carbonyl (C=O) groups excluding carboxylic acids is 1. The van der Waals surface area contributed by atoms with E-state index in [-0.39, 0.29) is 22.0 Å². The molecule has 3 aliphatic rings. The van der Waals surface area contributed by atoms with Crippen LogP contribution in [-0.4, -0.2) is 52.5 Å². The number of hydrogen-bond donors (Lipinski definition) is 0. The van der Waals surface area contributed by atoms with E-state index >= 15 is 0 Å². The Bertz CT molecular complexity index is 1680. The third-order valence-corrected chi connectivity index (χ3v) is 14.3. The van der Waals surface area contributed by atoms with Crippen LogP contribution in [0.4, 0.5) is 0 Å². The van der Waals surface area contributed by atoms with E-state index < -0.39 is 0 Å². The fourth-order valence-corrected chi connectivity index (χ4v) is 8.76. The van der Waals surface area contributed by atoms with Crippen LogP contribution in [-0.2, 0) is 30.5 Å². The van der Waals surface area contributed by atoms with Crippen molar-refractivity contribution in [2.24, 2.45) is 23.2 Å². The quantitative estimate of drug-likeness (QED) is 0.231. The first-order chi connectivity index (χ1) is 31.2. The lowest BCUT2D eigenvalue weighted by molar-refractivity contribution is 0.0353. The predicted octanol–water partition coefficient (Wildman–Crippen LogP) is 17.5. The second-order valence-electron chi connectivity index (χ2n) is 24.0. The number of benzene rings is 3. The predicted molar refractivity (Wildman–Crippen MR) is 290 cm³/mol. The van der Waals surface area contributed by atoms with Crippen molar-refractivity contribution < 1.29 is 23.7 Å². The molecule has 3 aliphatic carbocycles. The molecule has 0 heterocycles. The van der Waals surface area contributed by atoms with E-state index in [0.717, 1.165) is 29.1 Å². The molecule has 5 heteroatoms. The smallest absolute Gasteiger partial charge is 0.159 e. The molecule has 3 aromatic rings. The molecular formula is C62H104O5. The zero-order valence-electron chi connectivity index (χ0n) is 47.1. The molecule has 382 valence electrons. The highest BCUT2D eigenvalue weighted by Gasteiger charge is 2.29. The van der Waals surface area contributed by atoms with Crippen LogP contribution in [0.15, 0.2) is 72.8 Å². The maximum Gasteiger partial charge on any atom is 0.159 e. The lowest BCUT2D eigenvalue weighted by atomic mass is 9.72. The van der Waals surface area contributed by atoms with Gasteiger partial charge in [-0.25, -0.2) is 0 Å². The summed E-state index contributed by atoms with van der Waals surface area (Å²) < 4.78 is 21.0. The number of ketones is 1. The van der Waals surface area contributed by atoms with Crippen molar-refractivity contribution in [3.05, 3.63) is 101 Å². The highest BCUT2D eigenvalue weighted by atomic mass is 16.5. The summed E-state index contributed by atoms with van der Waals surface area (Å²) in [6, 6.07) is 24.8. The molecule has 0 aliphatic heterocycles. The van der Waals surface area contributed by atoms with Gasteiger partial charge in [-0.3, -0.25) is 4.79 Å². The summed E-state index contributed by atoms with van der Waals surface area (Å²) in [5.74, 6) is 3.88. The van der Waals surface area contributed by atoms with E-state index in [0.29, 0.717) is 23.7 Å². The Morgan fingerprint density at radius 2 is 0.821 bits per heavy atom. The van der Waals surface area contributed by atoms with Crippen LogP contribution in [0.2, 0.25) is 0 Å². The van der Waals surface area contributed by atoms with E-state index in [1.54, 1.807) is 14.0 Å². The van der Waals surface area contributed by atoms with Crippen LogP contribution in [0.25, 0.3) is 0 Å². The zero-order valence-corrected chi connectivity index (χ0v) is 47.1. The fraction of sp³-hybridized carbons (Fsp3) is 0.694. The molecule has 0 spiro atoms. The van der Waals surface area contributed by atoms with Crippen LogP contribution >= 0.6 is 0 Å². The Balaban J connectivity index is 0.000000403. The Morgan fingerprint density at radius 3 is 1.12 bits per heavy atom. The number of Topliss-reactive ketones (excluding diaryl/α,β-unsaturated/α-hetero) is 1. The van der Waals surface area contributed by atoms with Crippen molar-refractivity contribution in [1.82, 2.24) is 0 Å². The van der Waals surface area contributed by atoms with Gasteiger partial charge in [0.25, 0.3) is 0 Å². The van der Waals surface area contributed by atoms with E-state index in [4.69, 9.17) is 18.9 Å². The summed E-state index contributed by atoms with van der Waals surface area (Å²) in [5.41, 5.74) is 7.29. The van der Waals surface area contributed by atoms with Gasteiger partial charge in [-0.05, 0) is 159 Å². The lowest BCUT2D eigenvalue weighted by Crippen LogP contribution is -2.28. The number of rotatable bonds is 6. The second kappa shape index (κ2) is 30.6. The molecule has 0 radical (unpaired) electrons. The summed E-state index contributed by atoms with van der Waals surface area (Å²) >= 11 is 0. The van der Waals surface area contributed by atoms with Crippen LogP contribution in [0.1, 0.15) is 220 Å². The lowest BCUT2D eigenvalue weighted by Gasteiger charge is -2.36. The van der Waals surface area contributed by atoms with Gasteiger partial charge in [-0.15, -0.1) is 0 Å². The van der Waals surface area contributed by atoms with Gasteiger partial charge >= 0.3 is 0 Å². The maximum absolute atomic E-state index is 11.0. The summed E-state index contributed by atoms with van der Waals surface area (Å²) in [6.45, 7) is 35.2. The second-order valence-corrected chi connectivity index (χ2v) is 24.0. The first-order valence-electron chi connectivity index (χ1n) is 26.1. The van der Waals surface area contributed by atoms with E-state index in [2.05, 4.69) is 140 Å². The molecule has 0 saturated heterocycles. The Kier molecular flexibility index (Phi) is 28.3. The van der Waals surface area contributed by atoms with Crippen LogP contribution in [0.3, 0.4) is 0 Å². The molecule has 0 bridgehead atoms. The number of ether oxygens (including phenoxy) is 4. The topological polar surface area (TPSA) is 54.0 Å². The molecule has 0 N–H and O–H groups in total. The highest BCUT2D eigenvalue weighted by molar-refractivity contribution is 5.94. The van der Waals surface area contributed by atoms with Gasteiger partial charge in [-0.2, -0.15) is 0 Å². The average molecular weight is 930 g/mol. The molecule has 6 rings (SSSR count). The summed E-state index contributed by atoms with van der Waals surface area (Å²) in [4.78, 5) is 11.0. The first kappa shape index (κ1) is 62.0. The Labute approximate surface area is 414 Å². The Hall–Kier alpha value is -2.99. The van der Waals surface area contributed by atoms with Crippen molar-refractivity contribution in [3.8, 4) is 5.75 Å². The molecular weight excluding hydrogens is 825 g/mol. The van der Waals surface area contributed by atoms with Gasteiger partial charge in [-0.1, -0.05) is 170 Å². The monoisotopic (exact) mass is 929 g/mol. The highest BCUT2D eigenvalue weighted by Crippen LogP contribution is 2.38. The van der Waals surface area contributed by atoms with E-state index in [1.165, 1.54) is 106 Å². The van der Waals surface area contributed by atoms with Crippen molar-refractivity contribution >= 4 is 5.78 Å². The first-order valence-corrected chi connectivity index (χ1v) is 26.1. The molecule has 0 aromatic heterocycles. The standard InChI is InChI=1S/C12H16O.C11H22O.C11H16O.C11H16.C9H18O.C8H16O/c1-9(13)10-5-7-11(8-6-10)12(2,3)4;2*1-11(2,3)9-5-7-10(12-4)8-6-9;1-9-5-7-10(8-6-9)11(2,3)4;1-3-8-4-6-9(10-2)7-5-8;1-7-3-5-8(9-2)6-4-7/h5-8H,1-4H3;9-10H,5-8H2,1-4H3;5-8H,1-4H3;5-8H,1-4H3;8-9H,3-7H2,1-2H3;7-8H,3-6H2,1-2H3. The molecule has 0 unspecified atom stereocenters. The van der Waals surface area contributed by atoms with Crippen LogP contribution in [0.5, 0.6) is 5.75 Å². The third kappa shape index (κ3) is 26.0. The van der Waals surface area contributed by atoms with Crippen LogP contribution in [0, 0.1) is 30.1 Å². The molecule has 67 heavy (non-hydrogen) atoms. The summed E-state index contributed by atoms with van der Waals surface area (Å²) in [5, 5.41) is 0. The maximum atomic E-state index is 11.0. The summed E-state index contributed by atoms with van der Waals surface area (Å²) in [6.07, 6.45) is 18.9. The van der Waals surface area contributed by atoms with Gasteiger partial charge < -0.3 is 18.9 Å². The number of methoxy groups -OCH3 is 4. The van der Waals surface area contributed by atoms with Crippen molar-refractivity contribution in [2.45, 2.75) is 229 Å². The zero-order chi connectivity index (χ0) is 51.0. The van der Waals surface area contributed by atoms with Crippen molar-refractivity contribution in [2.75, 3.05) is 28.4 Å². The van der Waals surface area contributed by atoms with Crippen LogP contribution < -0.4 is 4.74 Å². The summed E-state index contributed by atoms with van der Waals surface area (Å²) in [7, 11) is 7.17. The number of aryl methyl sites for hydroxylation is 1.